The van der Waals surface area contributed by atoms with E-state index < -0.39 is 17.7 Å². The fourth-order valence-electron chi connectivity index (χ4n) is 2.63. The molecule has 0 aromatic heterocycles. The highest BCUT2D eigenvalue weighted by Crippen LogP contribution is 2.32. The van der Waals surface area contributed by atoms with Crippen LogP contribution in [0.1, 0.15) is 26.2 Å². The number of halogens is 2. The second kappa shape index (κ2) is 7.11. The van der Waals surface area contributed by atoms with Gasteiger partial charge in [-0.1, -0.05) is 13.0 Å². The number of anilines is 1. The SMILES string of the molecule is CCS[C@H]1CC[C@H](N(C)C(=O)Nc2c(F)cccc2F)C1. The lowest BCUT2D eigenvalue weighted by atomic mass is 10.2. The number of benzene rings is 1. The molecule has 0 heterocycles. The number of amides is 2. The van der Waals surface area contributed by atoms with Gasteiger partial charge in [0.1, 0.15) is 17.3 Å². The van der Waals surface area contributed by atoms with Crippen LogP contribution in [-0.2, 0) is 0 Å². The Morgan fingerprint density at radius 3 is 2.67 bits per heavy atom. The van der Waals surface area contributed by atoms with Gasteiger partial charge >= 0.3 is 6.03 Å². The van der Waals surface area contributed by atoms with E-state index in [9.17, 15) is 13.6 Å². The lowest BCUT2D eigenvalue weighted by molar-refractivity contribution is 0.204. The summed E-state index contributed by atoms with van der Waals surface area (Å²) in [5.74, 6) is -0.460. The van der Waals surface area contributed by atoms with Gasteiger partial charge in [-0.25, -0.2) is 13.6 Å². The monoisotopic (exact) mass is 314 g/mol. The zero-order valence-electron chi connectivity index (χ0n) is 12.2. The third-order valence-electron chi connectivity index (χ3n) is 3.82. The van der Waals surface area contributed by atoms with Crippen molar-refractivity contribution in [1.82, 2.24) is 4.90 Å². The number of thioether (sulfide) groups is 1. The molecule has 1 aliphatic carbocycles. The zero-order valence-corrected chi connectivity index (χ0v) is 13.1. The van der Waals surface area contributed by atoms with Crippen LogP contribution in [0, 0.1) is 11.6 Å². The van der Waals surface area contributed by atoms with Gasteiger partial charge in [0, 0.05) is 18.3 Å². The second-order valence-corrected chi connectivity index (χ2v) is 6.76. The van der Waals surface area contributed by atoms with Gasteiger partial charge in [-0.15, -0.1) is 0 Å². The molecular formula is C15H20F2N2OS. The highest BCUT2D eigenvalue weighted by molar-refractivity contribution is 7.99. The van der Waals surface area contributed by atoms with E-state index in [1.165, 1.54) is 6.07 Å². The van der Waals surface area contributed by atoms with E-state index in [-0.39, 0.29) is 11.7 Å². The highest BCUT2D eigenvalue weighted by Gasteiger charge is 2.30. The topological polar surface area (TPSA) is 32.3 Å². The molecule has 0 aliphatic heterocycles. The van der Waals surface area contributed by atoms with Crippen molar-refractivity contribution in [3.05, 3.63) is 29.8 Å². The van der Waals surface area contributed by atoms with Crippen LogP contribution in [0.3, 0.4) is 0 Å². The molecule has 0 bridgehead atoms. The Bertz CT molecular complexity index is 492. The Kier molecular flexibility index (Phi) is 5.45. The number of hydrogen-bond donors (Lipinski definition) is 1. The van der Waals surface area contributed by atoms with Gasteiger partial charge in [-0.05, 0) is 37.1 Å². The predicted octanol–water partition coefficient (Wildman–Crippen LogP) is 4.10. The van der Waals surface area contributed by atoms with Gasteiger partial charge in [-0.3, -0.25) is 0 Å². The molecule has 0 unspecified atom stereocenters. The normalized spacial score (nSPS) is 21.3. The van der Waals surface area contributed by atoms with Crippen molar-refractivity contribution in [2.45, 2.75) is 37.5 Å². The average Bonchev–Trinajstić information content (AvgIpc) is 2.91. The summed E-state index contributed by atoms with van der Waals surface area (Å²) in [7, 11) is 1.68. The molecule has 3 nitrogen and oxygen atoms in total. The van der Waals surface area contributed by atoms with Gasteiger partial charge < -0.3 is 10.2 Å². The van der Waals surface area contributed by atoms with E-state index in [1.54, 1.807) is 11.9 Å². The Labute approximate surface area is 128 Å². The maximum absolute atomic E-state index is 13.5. The minimum atomic E-state index is -0.761. The Balaban J connectivity index is 1.97. The first-order valence-corrected chi connectivity index (χ1v) is 8.17. The van der Waals surface area contributed by atoms with Crippen LogP contribution in [0.25, 0.3) is 0 Å². The minimum Gasteiger partial charge on any atom is -0.325 e. The molecule has 2 rings (SSSR count). The van der Waals surface area contributed by atoms with E-state index in [0.717, 1.165) is 37.1 Å². The first kappa shape index (κ1) is 16.1. The predicted molar refractivity (Wildman–Crippen MR) is 82.7 cm³/mol. The molecule has 0 radical (unpaired) electrons. The Hall–Kier alpha value is -1.30. The molecule has 1 aliphatic rings. The molecule has 1 fully saturated rings. The first-order valence-electron chi connectivity index (χ1n) is 7.12. The summed E-state index contributed by atoms with van der Waals surface area (Å²) >= 11 is 1.90. The summed E-state index contributed by atoms with van der Waals surface area (Å²) in [6, 6.07) is 3.19. The average molecular weight is 314 g/mol. The van der Waals surface area contributed by atoms with E-state index in [1.807, 2.05) is 11.8 Å². The van der Waals surface area contributed by atoms with E-state index in [0.29, 0.717) is 5.25 Å². The van der Waals surface area contributed by atoms with Crippen molar-refractivity contribution >= 4 is 23.5 Å². The number of nitrogens with one attached hydrogen (secondary N) is 1. The quantitative estimate of drug-likeness (QED) is 0.907. The van der Waals surface area contributed by atoms with E-state index in [4.69, 9.17) is 0 Å². The maximum atomic E-state index is 13.5. The van der Waals surface area contributed by atoms with Crippen molar-refractivity contribution in [3.8, 4) is 0 Å². The number of carbonyl (C=O) groups is 1. The molecule has 1 saturated carbocycles. The number of rotatable bonds is 4. The molecule has 0 spiro atoms. The molecule has 1 aromatic rings. The molecule has 1 N–H and O–H groups in total. The lowest BCUT2D eigenvalue weighted by Gasteiger charge is -2.25. The maximum Gasteiger partial charge on any atom is 0.321 e. The molecule has 116 valence electrons. The van der Waals surface area contributed by atoms with Crippen molar-refractivity contribution in [1.29, 1.82) is 0 Å². The van der Waals surface area contributed by atoms with Crippen molar-refractivity contribution in [2.24, 2.45) is 0 Å². The molecule has 21 heavy (non-hydrogen) atoms. The Morgan fingerprint density at radius 2 is 2.05 bits per heavy atom. The molecule has 1 aromatic carbocycles. The van der Waals surface area contributed by atoms with Crippen molar-refractivity contribution in [3.63, 3.8) is 0 Å². The standard InChI is InChI=1S/C15H20F2N2OS/c1-3-21-11-8-7-10(9-11)19(2)15(20)18-14-12(16)5-4-6-13(14)17/h4-6,10-11H,3,7-9H2,1-2H3,(H,18,20)/t10-,11-/m0/s1. The summed E-state index contributed by atoms with van der Waals surface area (Å²) in [6.07, 6.45) is 2.94. The van der Waals surface area contributed by atoms with Gasteiger partial charge in [0.25, 0.3) is 0 Å². The van der Waals surface area contributed by atoms with Crippen LogP contribution in [0.5, 0.6) is 0 Å². The second-order valence-electron chi connectivity index (χ2n) is 5.18. The summed E-state index contributed by atoms with van der Waals surface area (Å²) < 4.78 is 27.1. The number of carbonyl (C=O) groups excluding carboxylic acids is 1. The Morgan fingerprint density at radius 1 is 1.38 bits per heavy atom. The van der Waals surface area contributed by atoms with Gasteiger partial charge in [0.05, 0.1) is 0 Å². The van der Waals surface area contributed by atoms with Gasteiger partial charge in [0.15, 0.2) is 0 Å². The summed E-state index contributed by atoms with van der Waals surface area (Å²) in [5.41, 5.74) is -0.383. The van der Waals surface area contributed by atoms with Crippen LogP contribution in [-0.4, -0.2) is 35.0 Å². The fraction of sp³-hybridized carbons (Fsp3) is 0.533. The lowest BCUT2D eigenvalue weighted by Crippen LogP contribution is -2.39. The van der Waals surface area contributed by atoms with Crippen LogP contribution >= 0.6 is 11.8 Å². The summed E-state index contributed by atoms with van der Waals surface area (Å²) in [5, 5.41) is 2.90. The fourth-order valence-corrected chi connectivity index (χ4v) is 3.77. The van der Waals surface area contributed by atoms with Crippen LogP contribution in [0.15, 0.2) is 18.2 Å². The first-order chi connectivity index (χ1) is 10.0. The zero-order chi connectivity index (χ0) is 15.4. The van der Waals surface area contributed by atoms with Crippen molar-refractivity contribution < 1.29 is 13.6 Å². The van der Waals surface area contributed by atoms with Gasteiger partial charge in [0.2, 0.25) is 0 Å². The number of hydrogen-bond acceptors (Lipinski definition) is 2. The smallest absolute Gasteiger partial charge is 0.321 e. The summed E-state index contributed by atoms with van der Waals surface area (Å²) in [6.45, 7) is 2.12. The molecule has 2 amide bonds. The third kappa shape index (κ3) is 3.87. The minimum absolute atomic E-state index is 0.129. The number of nitrogens with zero attached hydrogens (tertiary/aromatic N) is 1. The third-order valence-corrected chi connectivity index (χ3v) is 5.05. The summed E-state index contributed by atoms with van der Waals surface area (Å²) in [4.78, 5) is 13.7. The van der Waals surface area contributed by atoms with Gasteiger partial charge in [-0.2, -0.15) is 11.8 Å². The van der Waals surface area contributed by atoms with Crippen LogP contribution in [0.2, 0.25) is 0 Å². The molecular weight excluding hydrogens is 294 g/mol. The van der Waals surface area contributed by atoms with Crippen LogP contribution in [0.4, 0.5) is 19.3 Å². The highest BCUT2D eigenvalue weighted by atomic mass is 32.2. The molecule has 6 heteroatoms. The van der Waals surface area contributed by atoms with E-state index >= 15 is 0 Å². The van der Waals surface area contributed by atoms with Crippen molar-refractivity contribution in [2.75, 3.05) is 18.1 Å². The van der Waals surface area contributed by atoms with Crippen LogP contribution < -0.4 is 5.32 Å². The molecule has 2 atom stereocenters. The molecule has 0 saturated heterocycles. The number of para-hydroxylation sites is 1. The van der Waals surface area contributed by atoms with E-state index in [2.05, 4.69) is 12.2 Å². The largest absolute Gasteiger partial charge is 0.325 e. The number of urea groups is 1.